The standard InChI is InChI=1S/C14H20N2O2/c1-18-13-6-4-11(5-7-13)8-9-15-14(17)16-10-12-2-3-12/h4-7,12H,2-3,8-10H2,1H3,(H2,15,16,17). The van der Waals surface area contributed by atoms with Crippen LogP contribution in [0.25, 0.3) is 0 Å². The zero-order valence-electron chi connectivity index (χ0n) is 10.7. The van der Waals surface area contributed by atoms with Gasteiger partial charge in [-0.2, -0.15) is 0 Å². The summed E-state index contributed by atoms with van der Waals surface area (Å²) in [5.74, 6) is 1.58. The molecule has 0 heterocycles. The lowest BCUT2D eigenvalue weighted by Crippen LogP contribution is -2.37. The summed E-state index contributed by atoms with van der Waals surface area (Å²) >= 11 is 0. The maximum Gasteiger partial charge on any atom is 0.314 e. The van der Waals surface area contributed by atoms with Crippen LogP contribution in [0, 0.1) is 5.92 Å². The first-order chi connectivity index (χ1) is 8.78. The van der Waals surface area contributed by atoms with E-state index in [9.17, 15) is 4.79 Å². The number of carbonyl (C=O) groups excluding carboxylic acids is 1. The maximum atomic E-state index is 11.4. The van der Waals surface area contributed by atoms with Gasteiger partial charge in [-0.3, -0.25) is 0 Å². The van der Waals surface area contributed by atoms with Gasteiger partial charge in [-0.15, -0.1) is 0 Å². The Balaban J connectivity index is 1.62. The molecule has 0 bridgehead atoms. The van der Waals surface area contributed by atoms with E-state index in [1.807, 2.05) is 24.3 Å². The minimum absolute atomic E-state index is 0.0598. The number of hydrogen-bond acceptors (Lipinski definition) is 2. The summed E-state index contributed by atoms with van der Waals surface area (Å²) in [6, 6.07) is 7.84. The summed E-state index contributed by atoms with van der Waals surface area (Å²) in [6.07, 6.45) is 3.35. The van der Waals surface area contributed by atoms with E-state index in [4.69, 9.17) is 4.74 Å². The Hall–Kier alpha value is -1.71. The van der Waals surface area contributed by atoms with Gasteiger partial charge in [0.2, 0.25) is 0 Å². The Bertz CT molecular complexity index is 385. The van der Waals surface area contributed by atoms with Gasteiger partial charge < -0.3 is 15.4 Å². The molecule has 1 saturated carbocycles. The van der Waals surface area contributed by atoms with E-state index < -0.39 is 0 Å². The molecule has 98 valence electrons. The molecular weight excluding hydrogens is 228 g/mol. The summed E-state index contributed by atoms with van der Waals surface area (Å²) < 4.78 is 5.09. The second-order valence-corrected chi connectivity index (χ2v) is 4.68. The Labute approximate surface area is 108 Å². The highest BCUT2D eigenvalue weighted by Crippen LogP contribution is 2.27. The smallest absolute Gasteiger partial charge is 0.314 e. The van der Waals surface area contributed by atoms with Crippen LogP contribution in [-0.2, 0) is 6.42 Å². The lowest BCUT2D eigenvalue weighted by Gasteiger charge is -2.07. The van der Waals surface area contributed by atoms with Gasteiger partial charge in [0.05, 0.1) is 7.11 Å². The van der Waals surface area contributed by atoms with Crippen LogP contribution in [-0.4, -0.2) is 26.2 Å². The van der Waals surface area contributed by atoms with Crippen molar-refractivity contribution in [2.45, 2.75) is 19.3 Å². The van der Waals surface area contributed by atoms with Crippen LogP contribution in [0.3, 0.4) is 0 Å². The van der Waals surface area contributed by atoms with Crippen molar-refractivity contribution in [1.29, 1.82) is 0 Å². The van der Waals surface area contributed by atoms with Gasteiger partial charge in [0.1, 0.15) is 5.75 Å². The topological polar surface area (TPSA) is 50.4 Å². The van der Waals surface area contributed by atoms with Gasteiger partial charge in [0.25, 0.3) is 0 Å². The van der Waals surface area contributed by atoms with Crippen molar-refractivity contribution in [1.82, 2.24) is 10.6 Å². The van der Waals surface area contributed by atoms with E-state index in [-0.39, 0.29) is 6.03 Å². The van der Waals surface area contributed by atoms with Gasteiger partial charge in [-0.25, -0.2) is 4.79 Å². The first-order valence-corrected chi connectivity index (χ1v) is 6.42. The fourth-order valence-electron chi connectivity index (χ4n) is 1.73. The molecule has 0 aliphatic heterocycles. The van der Waals surface area contributed by atoms with Gasteiger partial charge in [0.15, 0.2) is 0 Å². The predicted octanol–water partition coefficient (Wildman–Crippen LogP) is 1.95. The van der Waals surface area contributed by atoms with Gasteiger partial charge >= 0.3 is 6.03 Å². The highest BCUT2D eigenvalue weighted by atomic mass is 16.5. The van der Waals surface area contributed by atoms with Crippen molar-refractivity contribution in [3.8, 4) is 5.75 Å². The molecule has 0 saturated heterocycles. The largest absolute Gasteiger partial charge is 0.497 e. The van der Waals surface area contributed by atoms with Gasteiger partial charge in [-0.1, -0.05) is 12.1 Å². The quantitative estimate of drug-likeness (QED) is 0.808. The summed E-state index contributed by atoms with van der Waals surface area (Å²) in [5.41, 5.74) is 1.19. The van der Waals surface area contributed by atoms with Crippen molar-refractivity contribution in [3.63, 3.8) is 0 Å². The molecule has 1 fully saturated rings. The molecule has 0 spiro atoms. The first kappa shape index (κ1) is 12.7. The average molecular weight is 248 g/mol. The molecule has 4 heteroatoms. The zero-order chi connectivity index (χ0) is 12.8. The van der Waals surface area contributed by atoms with E-state index in [1.54, 1.807) is 7.11 Å². The number of rotatable bonds is 6. The van der Waals surface area contributed by atoms with Crippen LogP contribution in [0.2, 0.25) is 0 Å². The highest BCUT2D eigenvalue weighted by molar-refractivity contribution is 5.73. The number of urea groups is 1. The number of ether oxygens (including phenoxy) is 1. The summed E-state index contributed by atoms with van der Waals surface area (Å²) in [6.45, 7) is 1.47. The number of amides is 2. The number of methoxy groups -OCH3 is 1. The fraction of sp³-hybridized carbons (Fsp3) is 0.500. The number of carbonyl (C=O) groups is 1. The van der Waals surface area contributed by atoms with E-state index in [0.29, 0.717) is 6.54 Å². The van der Waals surface area contributed by atoms with Crippen molar-refractivity contribution in [2.24, 2.45) is 5.92 Å². The third-order valence-electron chi connectivity index (χ3n) is 3.11. The SMILES string of the molecule is COc1ccc(CCNC(=O)NCC2CC2)cc1. The Kier molecular flexibility index (Phi) is 4.45. The number of nitrogens with one attached hydrogen (secondary N) is 2. The second-order valence-electron chi connectivity index (χ2n) is 4.68. The number of hydrogen-bond donors (Lipinski definition) is 2. The average Bonchev–Trinajstić information content (AvgIpc) is 3.21. The van der Waals surface area contributed by atoms with Gasteiger partial charge in [0, 0.05) is 13.1 Å². The molecule has 1 aliphatic carbocycles. The molecule has 4 nitrogen and oxygen atoms in total. The Morgan fingerprint density at radius 2 is 2.00 bits per heavy atom. The summed E-state index contributed by atoms with van der Waals surface area (Å²) in [5, 5.41) is 5.74. The van der Waals surface area contributed by atoms with E-state index in [1.165, 1.54) is 18.4 Å². The van der Waals surface area contributed by atoms with Crippen LogP contribution in [0.1, 0.15) is 18.4 Å². The lowest BCUT2D eigenvalue weighted by atomic mass is 10.1. The van der Waals surface area contributed by atoms with Crippen molar-refractivity contribution >= 4 is 6.03 Å². The molecule has 1 aromatic carbocycles. The minimum Gasteiger partial charge on any atom is -0.497 e. The molecule has 0 unspecified atom stereocenters. The molecule has 1 aromatic rings. The number of benzene rings is 1. The Morgan fingerprint density at radius 1 is 1.28 bits per heavy atom. The van der Waals surface area contributed by atoms with Crippen molar-refractivity contribution < 1.29 is 9.53 Å². The van der Waals surface area contributed by atoms with E-state index in [0.717, 1.165) is 24.6 Å². The molecular formula is C14H20N2O2. The summed E-state index contributed by atoms with van der Waals surface area (Å²) in [4.78, 5) is 11.4. The van der Waals surface area contributed by atoms with Crippen LogP contribution >= 0.6 is 0 Å². The van der Waals surface area contributed by atoms with Crippen LogP contribution in [0.5, 0.6) is 5.75 Å². The Morgan fingerprint density at radius 3 is 2.61 bits per heavy atom. The molecule has 0 atom stereocenters. The van der Waals surface area contributed by atoms with Crippen LogP contribution < -0.4 is 15.4 Å². The molecule has 1 aliphatic rings. The van der Waals surface area contributed by atoms with Crippen molar-refractivity contribution in [2.75, 3.05) is 20.2 Å². The first-order valence-electron chi connectivity index (χ1n) is 6.42. The van der Waals surface area contributed by atoms with Crippen molar-refractivity contribution in [3.05, 3.63) is 29.8 Å². The lowest BCUT2D eigenvalue weighted by molar-refractivity contribution is 0.240. The maximum absolute atomic E-state index is 11.4. The second kappa shape index (κ2) is 6.28. The molecule has 2 rings (SSSR count). The van der Waals surface area contributed by atoms with Gasteiger partial charge in [-0.05, 0) is 42.9 Å². The normalized spacial score (nSPS) is 14.1. The zero-order valence-corrected chi connectivity index (χ0v) is 10.7. The predicted molar refractivity (Wildman–Crippen MR) is 70.8 cm³/mol. The minimum atomic E-state index is -0.0598. The molecule has 2 amide bonds. The monoisotopic (exact) mass is 248 g/mol. The molecule has 0 radical (unpaired) electrons. The molecule has 2 N–H and O–H groups in total. The third-order valence-corrected chi connectivity index (χ3v) is 3.11. The summed E-state index contributed by atoms with van der Waals surface area (Å²) in [7, 11) is 1.65. The van der Waals surface area contributed by atoms with E-state index in [2.05, 4.69) is 10.6 Å². The van der Waals surface area contributed by atoms with Crippen LogP contribution in [0.15, 0.2) is 24.3 Å². The highest BCUT2D eigenvalue weighted by Gasteiger charge is 2.21. The molecule has 18 heavy (non-hydrogen) atoms. The third kappa shape index (κ3) is 4.28. The fourth-order valence-corrected chi connectivity index (χ4v) is 1.73. The van der Waals surface area contributed by atoms with Crippen LogP contribution in [0.4, 0.5) is 4.79 Å². The molecule has 0 aromatic heterocycles. The van der Waals surface area contributed by atoms with E-state index >= 15 is 0 Å².